The van der Waals surface area contributed by atoms with Crippen molar-refractivity contribution in [1.82, 2.24) is 10.2 Å². The van der Waals surface area contributed by atoms with Crippen LogP contribution in [0.1, 0.15) is 18.1 Å². The lowest BCUT2D eigenvalue weighted by Crippen LogP contribution is -2.15. The molecule has 1 heterocycles. The standard InChI is InChI=1S/C12H15N3O3S/c1-2-10-4-3-9(8-16)5-12(10)19(17,18)15-11-6-13-14-7-11/h3-7,15-16H,2,8H2,1H3,(H,13,14). The average Bonchev–Trinajstić information content (AvgIpc) is 2.90. The van der Waals surface area contributed by atoms with Gasteiger partial charge in [-0.15, -0.1) is 0 Å². The lowest BCUT2D eigenvalue weighted by molar-refractivity contribution is 0.281. The van der Waals surface area contributed by atoms with Gasteiger partial charge in [-0.05, 0) is 23.6 Å². The van der Waals surface area contributed by atoms with Crippen molar-refractivity contribution >= 4 is 15.7 Å². The van der Waals surface area contributed by atoms with E-state index < -0.39 is 10.0 Å². The van der Waals surface area contributed by atoms with E-state index >= 15 is 0 Å². The van der Waals surface area contributed by atoms with Crippen molar-refractivity contribution < 1.29 is 13.5 Å². The minimum Gasteiger partial charge on any atom is -0.392 e. The van der Waals surface area contributed by atoms with Crippen LogP contribution in [0.25, 0.3) is 0 Å². The van der Waals surface area contributed by atoms with Gasteiger partial charge in [-0.25, -0.2) is 8.42 Å². The van der Waals surface area contributed by atoms with Crippen LogP contribution >= 0.6 is 0 Å². The number of rotatable bonds is 5. The Balaban J connectivity index is 2.43. The number of nitrogens with one attached hydrogen (secondary N) is 2. The van der Waals surface area contributed by atoms with E-state index in [9.17, 15) is 8.42 Å². The zero-order valence-corrected chi connectivity index (χ0v) is 11.2. The summed E-state index contributed by atoms with van der Waals surface area (Å²) >= 11 is 0. The van der Waals surface area contributed by atoms with Crippen LogP contribution in [0.4, 0.5) is 5.69 Å². The first-order valence-corrected chi connectivity index (χ1v) is 7.29. The molecule has 0 radical (unpaired) electrons. The van der Waals surface area contributed by atoms with Crippen LogP contribution in [0.2, 0.25) is 0 Å². The van der Waals surface area contributed by atoms with Gasteiger partial charge in [-0.2, -0.15) is 5.10 Å². The summed E-state index contributed by atoms with van der Waals surface area (Å²) in [7, 11) is -3.68. The molecule has 0 bridgehead atoms. The van der Waals surface area contributed by atoms with E-state index in [1.165, 1.54) is 18.5 Å². The number of sulfonamides is 1. The minimum absolute atomic E-state index is 0.183. The Hall–Kier alpha value is -1.86. The Labute approximate surface area is 111 Å². The number of aromatic nitrogens is 2. The highest BCUT2D eigenvalue weighted by Crippen LogP contribution is 2.21. The van der Waals surface area contributed by atoms with Gasteiger partial charge < -0.3 is 5.11 Å². The molecule has 0 spiro atoms. The summed E-state index contributed by atoms with van der Waals surface area (Å²) in [5.74, 6) is 0. The van der Waals surface area contributed by atoms with Gasteiger partial charge in [0.25, 0.3) is 10.0 Å². The summed E-state index contributed by atoms with van der Waals surface area (Å²) in [5, 5.41) is 15.3. The second kappa shape index (κ2) is 5.41. The van der Waals surface area contributed by atoms with Crippen molar-refractivity contribution in [2.75, 3.05) is 4.72 Å². The molecule has 0 aliphatic rings. The normalized spacial score (nSPS) is 11.5. The molecule has 0 amide bonds. The number of aliphatic hydroxyl groups excluding tert-OH is 1. The van der Waals surface area contributed by atoms with Crippen LogP contribution in [0.15, 0.2) is 35.5 Å². The molecule has 0 aliphatic heterocycles. The fraction of sp³-hybridized carbons (Fsp3) is 0.250. The van der Waals surface area contributed by atoms with Crippen LogP contribution in [0.5, 0.6) is 0 Å². The molecule has 0 aliphatic carbocycles. The van der Waals surface area contributed by atoms with Crippen molar-refractivity contribution in [3.05, 3.63) is 41.7 Å². The molecule has 19 heavy (non-hydrogen) atoms. The summed E-state index contributed by atoms with van der Waals surface area (Å²) in [4.78, 5) is 0.183. The molecule has 1 aromatic heterocycles. The van der Waals surface area contributed by atoms with Gasteiger partial charge >= 0.3 is 0 Å². The van der Waals surface area contributed by atoms with Gasteiger partial charge in [-0.1, -0.05) is 19.1 Å². The molecule has 0 saturated carbocycles. The van der Waals surface area contributed by atoms with E-state index in [4.69, 9.17) is 5.11 Å². The lowest BCUT2D eigenvalue weighted by atomic mass is 10.1. The summed E-state index contributed by atoms with van der Waals surface area (Å²) in [5.41, 5.74) is 1.63. The Morgan fingerprint density at radius 3 is 2.79 bits per heavy atom. The molecule has 0 atom stereocenters. The highest BCUT2D eigenvalue weighted by molar-refractivity contribution is 7.92. The second-order valence-electron chi connectivity index (χ2n) is 4.05. The number of anilines is 1. The van der Waals surface area contributed by atoms with Crippen molar-refractivity contribution in [3.63, 3.8) is 0 Å². The van der Waals surface area contributed by atoms with E-state index in [2.05, 4.69) is 14.9 Å². The van der Waals surface area contributed by atoms with Gasteiger partial charge in [0.2, 0.25) is 0 Å². The van der Waals surface area contributed by atoms with Crippen LogP contribution in [-0.2, 0) is 23.1 Å². The molecule has 2 rings (SSSR count). The van der Waals surface area contributed by atoms with Crippen molar-refractivity contribution in [2.24, 2.45) is 0 Å². The van der Waals surface area contributed by atoms with E-state index in [1.54, 1.807) is 12.1 Å². The summed E-state index contributed by atoms with van der Waals surface area (Å²) in [6.07, 6.45) is 3.44. The van der Waals surface area contributed by atoms with E-state index in [0.717, 1.165) is 0 Å². The van der Waals surface area contributed by atoms with Crippen molar-refractivity contribution in [1.29, 1.82) is 0 Å². The third kappa shape index (κ3) is 2.94. The number of aliphatic hydroxyl groups is 1. The zero-order chi connectivity index (χ0) is 13.9. The topological polar surface area (TPSA) is 95.1 Å². The Morgan fingerprint density at radius 2 is 2.21 bits per heavy atom. The van der Waals surface area contributed by atoms with Crippen LogP contribution in [0.3, 0.4) is 0 Å². The molecule has 0 fully saturated rings. The highest BCUT2D eigenvalue weighted by atomic mass is 32.2. The number of benzene rings is 1. The molecule has 6 nitrogen and oxygen atoms in total. The minimum atomic E-state index is -3.68. The molecule has 0 saturated heterocycles. The molecule has 102 valence electrons. The number of hydrogen-bond acceptors (Lipinski definition) is 4. The molecule has 2 aromatic rings. The third-order valence-electron chi connectivity index (χ3n) is 2.74. The number of nitrogens with zero attached hydrogens (tertiary/aromatic N) is 1. The maximum Gasteiger partial charge on any atom is 0.262 e. The van der Waals surface area contributed by atoms with Gasteiger partial charge in [0, 0.05) is 6.20 Å². The number of H-pyrrole nitrogens is 1. The van der Waals surface area contributed by atoms with Crippen LogP contribution in [-0.4, -0.2) is 23.7 Å². The quantitative estimate of drug-likeness (QED) is 0.769. The average molecular weight is 281 g/mol. The number of hydrogen-bond donors (Lipinski definition) is 3. The Kier molecular flexibility index (Phi) is 3.87. The maximum atomic E-state index is 12.3. The Bertz CT molecular complexity index is 651. The Morgan fingerprint density at radius 1 is 1.42 bits per heavy atom. The lowest BCUT2D eigenvalue weighted by Gasteiger charge is -2.11. The molecular formula is C12H15N3O3S. The monoisotopic (exact) mass is 281 g/mol. The molecule has 0 unspecified atom stereocenters. The molecule has 7 heteroatoms. The van der Waals surface area contributed by atoms with Gasteiger partial charge in [0.1, 0.15) is 0 Å². The third-order valence-corrected chi connectivity index (χ3v) is 4.20. The SMILES string of the molecule is CCc1ccc(CO)cc1S(=O)(=O)Nc1cn[nH]c1. The van der Waals surface area contributed by atoms with E-state index in [-0.39, 0.29) is 11.5 Å². The first-order chi connectivity index (χ1) is 9.06. The largest absolute Gasteiger partial charge is 0.392 e. The number of aromatic amines is 1. The fourth-order valence-corrected chi connectivity index (χ4v) is 3.15. The summed E-state index contributed by atoms with van der Waals surface area (Å²) in [6, 6.07) is 4.92. The van der Waals surface area contributed by atoms with Gasteiger partial charge in [0.15, 0.2) is 0 Å². The van der Waals surface area contributed by atoms with Gasteiger partial charge in [0.05, 0.1) is 23.4 Å². The first kappa shape index (κ1) is 13.6. The van der Waals surface area contributed by atoms with Crippen molar-refractivity contribution in [3.8, 4) is 0 Å². The number of aryl methyl sites for hydroxylation is 1. The van der Waals surface area contributed by atoms with Crippen LogP contribution < -0.4 is 4.72 Å². The second-order valence-corrected chi connectivity index (χ2v) is 5.70. The van der Waals surface area contributed by atoms with E-state index in [0.29, 0.717) is 23.2 Å². The van der Waals surface area contributed by atoms with E-state index in [1.807, 2.05) is 6.92 Å². The predicted molar refractivity (Wildman–Crippen MR) is 71.1 cm³/mol. The molecule has 3 N–H and O–H groups in total. The van der Waals surface area contributed by atoms with Crippen LogP contribution in [0, 0.1) is 0 Å². The highest BCUT2D eigenvalue weighted by Gasteiger charge is 2.18. The molecular weight excluding hydrogens is 266 g/mol. The fourth-order valence-electron chi connectivity index (χ4n) is 1.76. The zero-order valence-electron chi connectivity index (χ0n) is 10.4. The first-order valence-electron chi connectivity index (χ1n) is 5.81. The smallest absolute Gasteiger partial charge is 0.262 e. The molecule has 1 aromatic carbocycles. The summed E-state index contributed by atoms with van der Waals surface area (Å²) < 4.78 is 27.1. The maximum absolute atomic E-state index is 12.3. The van der Waals surface area contributed by atoms with Crippen molar-refractivity contribution in [2.45, 2.75) is 24.8 Å². The predicted octanol–water partition coefficient (Wildman–Crippen LogP) is 1.27. The van der Waals surface area contributed by atoms with Gasteiger partial charge in [-0.3, -0.25) is 9.82 Å². The summed E-state index contributed by atoms with van der Waals surface area (Å²) in [6.45, 7) is 1.68.